The van der Waals surface area contributed by atoms with Gasteiger partial charge in [-0.15, -0.1) is 0 Å². The third kappa shape index (κ3) is 3.87. The van der Waals surface area contributed by atoms with Gasteiger partial charge in [0.05, 0.1) is 11.3 Å². The molecule has 4 rings (SSSR count). The average molecular weight is 414 g/mol. The van der Waals surface area contributed by atoms with Crippen molar-refractivity contribution in [2.24, 2.45) is 0 Å². The molecule has 0 saturated heterocycles. The van der Waals surface area contributed by atoms with Crippen molar-refractivity contribution in [3.05, 3.63) is 100 Å². The first kappa shape index (κ1) is 20.5. The van der Waals surface area contributed by atoms with Crippen molar-refractivity contribution < 1.29 is 14.0 Å². The van der Waals surface area contributed by atoms with Crippen molar-refractivity contribution in [3.63, 3.8) is 0 Å². The van der Waals surface area contributed by atoms with Gasteiger partial charge in [-0.25, -0.2) is 9.29 Å². The van der Waals surface area contributed by atoms with Crippen LogP contribution in [-0.4, -0.2) is 11.8 Å². The third-order valence-electron chi connectivity index (χ3n) is 5.58. The van der Waals surface area contributed by atoms with E-state index >= 15 is 0 Å². The van der Waals surface area contributed by atoms with Gasteiger partial charge in [0.2, 0.25) is 0 Å². The standard InChI is InChI=1S/C26H23FN2O2/c1-4-18-9-12-21(13-10-18)28-24-23(19-11-8-16(2)17(3)14-19)25(30)29(26(24)31)22-7-5-6-20(27)15-22/h5-15,28H,4H2,1-3H3. The molecule has 3 aromatic carbocycles. The van der Waals surface area contributed by atoms with Crippen LogP contribution in [0.15, 0.2) is 72.4 Å². The van der Waals surface area contributed by atoms with Gasteiger partial charge in [-0.1, -0.05) is 43.3 Å². The molecule has 0 aliphatic carbocycles. The molecule has 0 unspecified atom stereocenters. The number of halogens is 1. The normalized spacial score (nSPS) is 13.9. The summed E-state index contributed by atoms with van der Waals surface area (Å²) in [6.07, 6.45) is 0.904. The van der Waals surface area contributed by atoms with Crippen LogP contribution >= 0.6 is 0 Å². The molecule has 2 amide bonds. The summed E-state index contributed by atoms with van der Waals surface area (Å²) in [5.74, 6) is -1.50. The van der Waals surface area contributed by atoms with E-state index in [1.807, 2.05) is 56.3 Å². The van der Waals surface area contributed by atoms with Gasteiger partial charge in [-0.05, 0) is 72.9 Å². The molecule has 4 nitrogen and oxygen atoms in total. The zero-order valence-electron chi connectivity index (χ0n) is 17.7. The van der Waals surface area contributed by atoms with Crippen LogP contribution in [0.3, 0.4) is 0 Å². The summed E-state index contributed by atoms with van der Waals surface area (Å²) in [4.78, 5) is 27.8. The lowest BCUT2D eigenvalue weighted by molar-refractivity contribution is -0.120. The third-order valence-corrected chi connectivity index (χ3v) is 5.58. The van der Waals surface area contributed by atoms with Crippen LogP contribution in [0.2, 0.25) is 0 Å². The van der Waals surface area contributed by atoms with Gasteiger partial charge >= 0.3 is 0 Å². The van der Waals surface area contributed by atoms with Crippen LogP contribution in [0.25, 0.3) is 5.57 Å². The maximum atomic E-state index is 13.8. The number of hydrogen-bond donors (Lipinski definition) is 1. The topological polar surface area (TPSA) is 49.4 Å². The highest BCUT2D eigenvalue weighted by Gasteiger charge is 2.40. The summed E-state index contributed by atoms with van der Waals surface area (Å²) < 4.78 is 13.8. The second-order valence-electron chi connectivity index (χ2n) is 7.65. The van der Waals surface area contributed by atoms with E-state index in [0.29, 0.717) is 11.3 Å². The van der Waals surface area contributed by atoms with E-state index < -0.39 is 17.6 Å². The fraction of sp³-hybridized carbons (Fsp3) is 0.154. The first-order chi connectivity index (χ1) is 14.9. The predicted molar refractivity (Wildman–Crippen MR) is 121 cm³/mol. The largest absolute Gasteiger partial charge is 0.350 e. The van der Waals surface area contributed by atoms with Crippen molar-refractivity contribution in [2.75, 3.05) is 10.2 Å². The van der Waals surface area contributed by atoms with E-state index in [1.165, 1.54) is 23.8 Å². The molecule has 31 heavy (non-hydrogen) atoms. The second-order valence-corrected chi connectivity index (χ2v) is 7.65. The fourth-order valence-corrected chi connectivity index (χ4v) is 3.63. The van der Waals surface area contributed by atoms with Crippen molar-refractivity contribution in [1.82, 2.24) is 0 Å². The number of aryl methyl sites for hydroxylation is 3. The molecule has 0 bridgehead atoms. The Morgan fingerprint density at radius 3 is 2.26 bits per heavy atom. The van der Waals surface area contributed by atoms with Gasteiger partial charge < -0.3 is 5.32 Å². The first-order valence-electron chi connectivity index (χ1n) is 10.2. The van der Waals surface area contributed by atoms with Gasteiger partial charge in [0.15, 0.2) is 0 Å². The Bertz CT molecular complexity index is 1210. The van der Waals surface area contributed by atoms with Crippen LogP contribution in [0, 0.1) is 19.7 Å². The Labute approximate surface area is 181 Å². The Morgan fingerprint density at radius 2 is 1.61 bits per heavy atom. The molecule has 156 valence electrons. The SMILES string of the molecule is CCc1ccc(NC2=C(c3ccc(C)c(C)c3)C(=O)N(c3cccc(F)c3)C2=O)cc1. The number of carbonyl (C=O) groups excluding carboxylic acids is 2. The Kier molecular flexibility index (Phi) is 5.42. The summed E-state index contributed by atoms with van der Waals surface area (Å²) in [6.45, 7) is 6.02. The van der Waals surface area contributed by atoms with Crippen LogP contribution in [-0.2, 0) is 16.0 Å². The highest BCUT2D eigenvalue weighted by Crippen LogP contribution is 2.34. The zero-order valence-corrected chi connectivity index (χ0v) is 17.7. The number of nitrogens with one attached hydrogen (secondary N) is 1. The van der Waals surface area contributed by atoms with Crippen LogP contribution in [0.5, 0.6) is 0 Å². The molecule has 0 atom stereocenters. The molecule has 0 saturated carbocycles. The van der Waals surface area contributed by atoms with Crippen molar-refractivity contribution in [3.8, 4) is 0 Å². The molecule has 1 heterocycles. The summed E-state index contributed by atoms with van der Waals surface area (Å²) in [6, 6.07) is 18.9. The fourth-order valence-electron chi connectivity index (χ4n) is 3.63. The summed E-state index contributed by atoms with van der Waals surface area (Å²) in [5.41, 5.74) is 5.29. The molecule has 0 fully saturated rings. The summed E-state index contributed by atoms with van der Waals surface area (Å²) in [7, 11) is 0. The molecule has 0 aromatic heterocycles. The Morgan fingerprint density at radius 1 is 0.871 bits per heavy atom. The maximum absolute atomic E-state index is 13.8. The number of hydrogen-bond acceptors (Lipinski definition) is 3. The molecule has 0 spiro atoms. The van der Waals surface area contributed by atoms with Crippen molar-refractivity contribution in [1.29, 1.82) is 0 Å². The maximum Gasteiger partial charge on any atom is 0.282 e. The molecule has 5 heteroatoms. The number of carbonyl (C=O) groups is 2. The lowest BCUT2D eigenvalue weighted by atomic mass is 9.99. The quantitative estimate of drug-likeness (QED) is 0.569. The highest BCUT2D eigenvalue weighted by atomic mass is 19.1. The molecular formula is C26H23FN2O2. The average Bonchev–Trinajstić information content (AvgIpc) is 3.00. The Hall–Kier alpha value is -3.73. The number of benzene rings is 3. The van der Waals surface area contributed by atoms with E-state index in [9.17, 15) is 14.0 Å². The highest BCUT2D eigenvalue weighted by molar-refractivity contribution is 6.46. The molecule has 1 aliphatic heterocycles. The van der Waals surface area contributed by atoms with Crippen molar-refractivity contribution >= 4 is 28.8 Å². The van der Waals surface area contributed by atoms with E-state index in [-0.39, 0.29) is 17.0 Å². The molecular weight excluding hydrogens is 391 g/mol. The van der Waals surface area contributed by atoms with Crippen molar-refractivity contribution in [2.45, 2.75) is 27.2 Å². The van der Waals surface area contributed by atoms with Crippen LogP contribution in [0.4, 0.5) is 15.8 Å². The van der Waals surface area contributed by atoms with E-state index in [4.69, 9.17) is 0 Å². The lowest BCUT2D eigenvalue weighted by Crippen LogP contribution is -2.32. The number of nitrogens with zero attached hydrogens (tertiary/aromatic N) is 1. The minimum atomic E-state index is -0.512. The van der Waals surface area contributed by atoms with Crippen LogP contribution < -0.4 is 10.2 Å². The predicted octanol–water partition coefficient (Wildman–Crippen LogP) is 5.40. The van der Waals surface area contributed by atoms with E-state index in [1.54, 1.807) is 6.07 Å². The monoisotopic (exact) mass is 414 g/mol. The second kappa shape index (κ2) is 8.19. The van der Waals surface area contributed by atoms with Crippen LogP contribution in [0.1, 0.15) is 29.2 Å². The van der Waals surface area contributed by atoms with Gasteiger partial charge in [0.1, 0.15) is 11.5 Å². The smallest absolute Gasteiger partial charge is 0.282 e. The molecule has 1 aliphatic rings. The number of rotatable bonds is 5. The van der Waals surface area contributed by atoms with E-state index in [2.05, 4.69) is 12.2 Å². The first-order valence-corrected chi connectivity index (χ1v) is 10.2. The van der Waals surface area contributed by atoms with Gasteiger partial charge in [0.25, 0.3) is 11.8 Å². The number of imide groups is 1. The summed E-state index contributed by atoms with van der Waals surface area (Å²) >= 11 is 0. The van der Waals surface area contributed by atoms with Gasteiger partial charge in [0, 0.05) is 5.69 Å². The van der Waals surface area contributed by atoms with Gasteiger partial charge in [-0.3, -0.25) is 9.59 Å². The minimum absolute atomic E-state index is 0.182. The summed E-state index contributed by atoms with van der Waals surface area (Å²) in [5, 5.41) is 3.14. The lowest BCUT2D eigenvalue weighted by Gasteiger charge is -2.15. The van der Waals surface area contributed by atoms with E-state index in [0.717, 1.165) is 22.4 Å². The minimum Gasteiger partial charge on any atom is -0.350 e. The van der Waals surface area contributed by atoms with Gasteiger partial charge in [-0.2, -0.15) is 0 Å². The number of anilines is 2. The molecule has 0 radical (unpaired) electrons. The molecule has 1 N–H and O–H groups in total. The number of amides is 2. The molecule has 3 aromatic rings. The Balaban J connectivity index is 1.82. The zero-order chi connectivity index (χ0) is 22.1.